The molecule has 0 spiro atoms. The number of pyridine rings is 1. The van der Waals surface area contributed by atoms with Crippen LogP contribution in [0.5, 0.6) is 11.6 Å². The fraction of sp³-hybridized carbons (Fsp3) is 0.559. The number of likely N-dealkylation sites (tertiary alicyclic amines) is 1. The highest BCUT2D eigenvalue weighted by Gasteiger charge is 2.62. The molecule has 1 aromatic carbocycles. The number of nitrogens with one attached hydrogen (secondary N) is 3. The van der Waals surface area contributed by atoms with Gasteiger partial charge in [0.15, 0.2) is 0 Å². The molecule has 5 atom stereocenters. The van der Waals surface area contributed by atoms with Crippen LogP contribution < -0.4 is 24.8 Å². The average Bonchev–Trinajstić information content (AvgIpc) is 3.95. The molecule has 5 rings (SSSR count). The lowest BCUT2D eigenvalue weighted by Gasteiger charge is -2.35. The molecule has 2 heterocycles. The molecule has 3 N–H and O–H groups in total. The molecule has 2 saturated carbocycles. The van der Waals surface area contributed by atoms with Crippen molar-refractivity contribution >= 4 is 44.6 Å². The Bertz CT molecular complexity index is 1750. The molecule has 15 heteroatoms. The second-order valence-electron chi connectivity index (χ2n) is 14.3. The Labute approximate surface area is 286 Å². The van der Waals surface area contributed by atoms with Crippen molar-refractivity contribution in [1.29, 1.82) is 0 Å². The molecule has 1 saturated heterocycles. The molecule has 0 bridgehead atoms. The van der Waals surface area contributed by atoms with E-state index in [0.29, 0.717) is 29.9 Å². The standard InChI is InChI=1S/C34H45N5O9S/c1-8-21-17-34(21,31(42)38-49(44,45)24-10-11-24)37-28(40)26-16-23(48-29-25-12-9-22(46-7)15-20(25)13-14-35-29)18-39(26)30(41)27(33(4,5)6)36-32(43)47-19(2)3/h8-9,12-15,19,21,23-24,26-27H,1,10-11,16-18H2,2-7H3,(H,36,43)(H,37,40)(H,38,42)/t21-,23+,26-,27+,34-/m0/s1. The smallest absolute Gasteiger partial charge is 0.408 e. The number of hydrogen-bond donors (Lipinski definition) is 3. The van der Waals surface area contributed by atoms with Gasteiger partial charge in [-0.1, -0.05) is 26.8 Å². The number of aromatic nitrogens is 1. The highest BCUT2D eigenvalue weighted by Crippen LogP contribution is 2.45. The number of fused-ring (bicyclic) bond motifs is 1. The number of methoxy groups -OCH3 is 1. The fourth-order valence-electron chi connectivity index (χ4n) is 6.08. The first-order valence-electron chi connectivity index (χ1n) is 16.4. The second-order valence-corrected chi connectivity index (χ2v) is 16.2. The van der Waals surface area contributed by atoms with Crippen LogP contribution in [0.25, 0.3) is 10.8 Å². The van der Waals surface area contributed by atoms with E-state index in [2.05, 4.69) is 26.9 Å². The molecule has 49 heavy (non-hydrogen) atoms. The Kier molecular flexibility index (Phi) is 9.88. The van der Waals surface area contributed by atoms with Crippen LogP contribution in [-0.4, -0.2) is 90.9 Å². The molecule has 3 fully saturated rings. The van der Waals surface area contributed by atoms with Crippen molar-refractivity contribution in [2.24, 2.45) is 11.3 Å². The van der Waals surface area contributed by atoms with Crippen molar-refractivity contribution in [2.75, 3.05) is 13.7 Å². The van der Waals surface area contributed by atoms with Gasteiger partial charge in [-0.25, -0.2) is 18.2 Å². The van der Waals surface area contributed by atoms with Crippen LogP contribution in [0, 0.1) is 11.3 Å². The Morgan fingerprint density at radius 3 is 2.45 bits per heavy atom. The van der Waals surface area contributed by atoms with Crippen molar-refractivity contribution in [3.8, 4) is 11.6 Å². The van der Waals surface area contributed by atoms with Gasteiger partial charge < -0.3 is 29.7 Å². The van der Waals surface area contributed by atoms with Gasteiger partial charge in [0.2, 0.25) is 27.7 Å². The lowest BCUT2D eigenvalue weighted by Crippen LogP contribution is -2.60. The maximum Gasteiger partial charge on any atom is 0.408 e. The Balaban J connectivity index is 1.44. The number of carbonyl (C=O) groups is 4. The quantitative estimate of drug-likeness (QED) is 0.279. The highest BCUT2D eigenvalue weighted by atomic mass is 32.2. The molecule has 266 valence electrons. The first-order valence-corrected chi connectivity index (χ1v) is 17.9. The minimum Gasteiger partial charge on any atom is -0.497 e. The molecular formula is C34H45N5O9S. The van der Waals surface area contributed by atoms with Crippen LogP contribution in [0.1, 0.15) is 60.3 Å². The molecule has 0 radical (unpaired) electrons. The first kappa shape index (κ1) is 35.9. The van der Waals surface area contributed by atoms with Gasteiger partial charge in [0.1, 0.15) is 29.5 Å². The minimum absolute atomic E-state index is 0.0237. The first-order chi connectivity index (χ1) is 23.0. The van der Waals surface area contributed by atoms with Gasteiger partial charge in [-0.3, -0.25) is 19.1 Å². The van der Waals surface area contributed by atoms with E-state index in [1.807, 2.05) is 6.07 Å². The van der Waals surface area contributed by atoms with Gasteiger partial charge in [-0.15, -0.1) is 6.58 Å². The summed E-state index contributed by atoms with van der Waals surface area (Å²) in [6.07, 6.45) is 2.23. The lowest BCUT2D eigenvalue weighted by atomic mass is 9.85. The molecule has 3 aliphatic rings. The third kappa shape index (κ3) is 7.76. The van der Waals surface area contributed by atoms with Gasteiger partial charge in [0.25, 0.3) is 5.91 Å². The number of carbonyl (C=O) groups excluding carboxylic acids is 4. The third-order valence-corrected chi connectivity index (χ3v) is 10.8. The van der Waals surface area contributed by atoms with Crippen molar-refractivity contribution in [3.63, 3.8) is 0 Å². The Morgan fingerprint density at radius 1 is 1.14 bits per heavy atom. The summed E-state index contributed by atoms with van der Waals surface area (Å²) in [5, 5.41) is 6.30. The summed E-state index contributed by atoms with van der Waals surface area (Å²) in [5.41, 5.74) is -2.35. The summed E-state index contributed by atoms with van der Waals surface area (Å²) in [4.78, 5) is 60.3. The topological polar surface area (TPSA) is 182 Å². The number of sulfonamides is 1. The van der Waals surface area contributed by atoms with Gasteiger partial charge in [-0.05, 0) is 68.2 Å². The lowest BCUT2D eigenvalue weighted by molar-refractivity contribution is -0.142. The van der Waals surface area contributed by atoms with Crippen LogP contribution in [0.3, 0.4) is 0 Å². The number of rotatable bonds is 12. The largest absolute Gasteiger partial charge is 0.497 e. The minimum atomic E-state index is -3.89. The average molecular weight is 700 g/mol. The van der Waals surface area contributed by atoms with Crippen molar-refractivity contribution < 1.29 is 41.8 Å². The zero-order valence-corrected chi connectivity index (χ0v) is 29.5. The summed E-state index contributed by atoms with van der Waals surface area (Å²) in [7, 11) is -2.32. The molecule has 2 aliphatic carbocycles. The zero-order valence-electron chi connectivity index (χ0n) is 28.6. The molecule has 2 aromatic rings. The summed E-state index contributed by atoms with van der Waals surface area (Å²) >= 11 is 0. The molecule has 14 nitrogen and oxygen atoms in total. The number of amides is 4. The fourth-order valence-corrected chi connectivity index (χ4v) is 7.45. The van der Waals surface area contributed by atoms with Crippen LogP contribution in [0.4, 0.5) is 4.79 Å². The van der Waals surface area contributed by atoms with Gasteiger partial charge >= 0.3 is 6.09 Å². The van der Waals surface area contributed by atoms with E-state index in [1.165, 1.54) is 11.0 Å². The molecule has 4 amide bonds. The number of hydrogen-bond acceptors (Lipinski definition) is 10. The van der Waals surface area contributed by atoms with Crippen LogP contribution in [0.2, 0.25) is 0 Å². The maximum atomic E-state index is 14.3. The Hall–Kier alpha value is -4.40. The van der Waals surface area contributed by atoms with Gasteiger partial charge in [-0.2, -0.15) is 0 Å². The SMILES string of the molecule is C=C[C@H]1C[C@@]1(NC(=O)[C@@H]1C[C@@H](Oc2nccc3cc(OC)ccc23)CN1C(=O)[C@@H](NC(=O)OC(C)C)C(C)(C)C)C(=O)NS(=O)(=O)C1CC1. The van der Waals surface area contributed by atoms with Crippen LogP contribution >= 0.6 is 0 Å². The van der Waals surface area contributed by atoms with Crippen molar-refractivity contribution in [1.82, 2.24) is 25.2 Å². The highest BCUT2D eigenvalue weighted by molar-refractivity contribution is 7.91. The van der Waals surface area contributed by atoms with E-state index in [0.717, 1.165) is 5.39 Å². The zero-order chi connectivity index (χ0) is 35.9. The summed E-state index contributed by atoms with van der Waals surface area (Å²) < 4.78 is 44.3. The third-order valence-electron chi connectivity index (χ3n) is 9.03. The van der Waals surface area contributed by atoms with E-state index >= 15 is 0 Å². The van der Waals surface area contributed by atoms with Crippen LogP contribution in [-0.2, 0) is 29.1 Å². The van der Waals surface area contributed by atoms with E-state index in [9.17, 15) is 27.6 Å². The molecule has 1 aromatic heterocycles. The number of benzene rings is 1. The van der Waals surface area contributed by atoms with E-state index < -0.39 is 80.3 Å². The van der Waals surface area contributed by atoms with E-state index in [4.69, 9.17) is 14.2 Å². The number of alkyl carbamates (subject to hydrolysis) is 1. The predicted molar refractivity (Wildman–Crippen MR) is 180 cm³/mol. The van der Waals surface area contributed by atoms with E-state index in [-0.39, 0.29) is 19.4 Å². The van der Waals surface area contributed by atoms with Crippen molar-refractivity contribution in [2.45, 2.75) is 95.4 Å². The summed E-state index contributed by atoms with van der Waals surface area (Å²) in [5.74, 6) is -1.65. The predicted octanol–water partition coefficient (Wildman–Crippen LogP) is 2.81. The summed E-state index contributed by atoms with van der Waals surface area (Å²) in [6.45, 7) is 12.4. The van der Waals surface area contributed by atoms with Crippen LogP contribution in [0.15, 0.2) is 43.1 Å². The number of nitrogens with zero attached hydrogens (tertiary/aromatic N) is 2. The summed E-state index contributed by atoms with van der Waals surface area (Å²) in [6, 6.07) is 4.97. The Morgan fingerprint density at radius 2 is 1.86 bits per heavy atom. The number of ether oxygens (including phenoxy) is 3. The molecular weight excluding hydrogens is 654 g/mol. The second kappa shape index (κ2) is 13.5. The maximum absolute atomic E-state index is 14.3. The van der Waals surface area contributed by atoms with E-state index in [1.54, 1.807) is 66.1 Å². The monoisotopic (exact) mass is 699 g/mol. The van der Waals surface area contributed by atoms with Gasteiger partial charge in [0.05, 0.1) is 25.0 Å². The normalized spacial score (nSPS) is 24.1. The molecule has 1 aliphatic heterocycles. The molecule has 0 unspecified atom stereocenters. The van der Waals surface area contributed by atoms with Gasteiger partial charge in [0, 0.05) is 23.9 Å². The van der Waals surface area contributed by atoms with Crippen molar-refractivity contribution in [3.05, 3.63) is 43.1 Å².